The van der Waals surface area contributed by atoms with E-state index in [-0.39, 0.29) is 0 Å². The molecule has 2 N–H and O–H groups in total. The second kappa shape index (κ2) is 9.20. The SMILES string of the molecule is C=CC=N/C(=C\C)c1ccc2[nH]nc(-c3cc(/C(=C\C=C)c4ccc(C)s4)c(C)[nH]3)c2c1. The third-order valence-corrected chi connectivity index (χ3v) is 6.34. The Morgan fingerprint density at radius 1 is 1.09 bits per heavy atom. The van der Waals surface area contributed by atoms with Gasteiger partial charge in [0, 0.05) is 43.7 Å². The molecule has 0 saturated carbocycles. The van der Waals surface area contributed by atoms with Crippen molar-refractivity contribution in [2.75, 3.05) is 0 Å². The number of thiophene rings is 1. The number of aryl methyl sites for hydroxylation is 2. The highest BCUT2D eigenvalue weighted by Crippen LogP contribution is 2.35. The van der Waals surface area contributed by atoms with Crippen LogP contribution in [0.2, 0.25) is 0 Å². The number of nitrogens with one attached hydrogen (secondary N) is 2. The quantitative estimate of drug-likeness (QED) is 0.228. The van der Waals surface area contributed by atoms with Gasteiger partial charge in [0.1, 0.15) is 5.69 Å². The van der Waals surface area contributed by atoms with E-state index >= 15 is 0 Å². The summed E-state index contributed by atoms with van der Waals surface area (Å²) < 4.78 is 0. The van der Waals surface area contributed by atoms with Crippen molar-refractivity contribution in [2.45, 2.75) is 20.8 Å². The van der Waals surface area contributed by atoms with Gasteiger partial charge in [-0.25, -0.2) is 0 Å². The molecule has 0 atom stereocenters. The van der Waals surface area contributed by atoms with Crippen LogP contribution < -0.4 is 0 Å². The van der Waals surface area contributed by atoms with Crippen LogP contribution in [0.5, 0.6) is 0 Å². The highest BCUT2D eigenvalue weighted by Gasteiger charge is 2.17. The molecule has 0 saturated heterocycles. The Kier molecular flexibility index (Phi) is 6.19. The smallest absolute Gasteiger partial charge is 0.116 e. The van der Waals surface area contributed by atoms with E-state index in [2.05, 4.69) is 83.6 Å². The normalized spacial score (nSPS) is 12.7. The number of aromatic amines is 2. The van der Waals surface area contributed by atoms with Crippen LogP contribution in [0, 0.1) is 13.8 Å². The molecular formula is C27H26N4S. The van der Waals surface area contributed by atoms with Crippen molar-refractivity contribution >= 4 is 39.7 Å². The van der Waals surface area contributed by atoms with Gasteiger partial charge in [-0.1, -0.05) is 43.5 Å². The molecule has 0 aliphatic carbocycles. The van der Waals surface area contributed by atoms with E-state index in [0.717, 1.165) is 50.4 Å². The van der Waals surface area contributed by atoms with Gasteiger partial charge in [0.15, 0.2) is 0 Å². The van der Waals surface area contributed by atoms with Crippen LogP contribution in [0.3, 0.4) is 0 Å². The zero-order chi connectivity index (χ0) is 22.7. The van der Waals surface area contributed by atoms with E-state index in [1.165, 1.54) is 9.75 Å². The van der Waals surface area contributed by atoms with Crippen LogP contribution in [0.4, 0.5) is 0 Å². The van der Waals surface area contributed by atoms with Gasteiger partial charge in [-0.05, 0) is 51.1 Å². The van der Waals surface area contributed by atoms with Crippen molar-refractivity contribution in [3.8, 4) is 11.4 Å². The largest absolute Gasteiger partial charge is 0.357 e. The Morgan fingerprint density at radius 2 is 1.94 bits per heavy atom. The summed E-state index contributed by atoms with van der Waals surface area (Å²) in [6.45, 7) is 13.8. The minimum atomic E-state index is 0.889. The van der Waals surface area contributed by atoms with E-state index in [9.17, 15) is 0 Å². The number of allylic oxidation sites excluding steroid dienone is 4. The first-order chi connectivity index (χ1) is 15.5. The van der Waals surface area contributed by atoms with E-state index in [0.29, 0.717) is 0 Å². The zero-order valence-corrected chi connectivity index (χ0v) is 19.4. The predicted octanol–water partition coefficient (Wildman–Crippen LogP) is 7.47. The van der Waals surface area contributed by atoms with Crippen LogP contribution in [0.15, 0.2) is 78.9 Å². The van der Waals surface area contributed by atoms with Crippen molar-refractivity contribution in [2.24, 2.45) is 4.99 Å². The molecule has 0 radical (unpaired) electrons. The number of hydrogen-bond acceptors (Lipinski definition) is 3. The molecule has 3 aromatic heterocycles. The minimum absolute atomic E-state index is 0.889. The molecule has 0 aliphatic heterocycles. The first kappa shape index (κ1) is 21.5. The average molecular weight is 439 g/mol. The van der Waals surface area contributed by atoms with Gasteiger partial charge in [0.2, 0.25) is 0 Å². The summed E-state index contributed by atoms with van der Waals surface area (Å²) in [6, 6.07) is 12.7. The molecule has 0 unspecified atom stereocenters. The van der Waals surface area contributed by atoms with Gasteiger partial charge in [-0.15, -0.1) is 11.3 Å². The van der Waals surface area contributed by atoms with Crippen molar-refractivity contribution in [1.82, 2.24) is 15.2 Å². The van der Waals surface area contributed by atoms with Crippen molar-refractivity contribution in [3.63, 3.8) is 0 Å². The Labute approximate surface area is 192 Å². The van der Waals surface area contributed by atoms with Gasteiger partial charge in [0.25, 0.3) is 0 Å². The van der Waals surface area contributed by atoms with E-state index < -0.39 is 0 Å². The molecule has 0 spiro atoms. The van der Waals surface area contributed by atoms with E-state index in [1.807, 2.05) is 25.1 Å². The molecule has 0 amide bonds. The van der Waals surface area contributed by atoms with Crippen molar-refractivity contribution in [1.29, 1.82) is 0 Å². The average Bonchev–Trinajstić information content (AvgIpc) is 3.50. The number of nitrogens with zero attached hydrogens (tertiary/aromatic N) is 2. The Bertz CT molecular complexity index is 1390. The summed E-state index contributed by atoms with van der Waals surface area (Å²) in [6.07, 6.45) is 9.29. The molecule has 1 aromatic carbocycles. The topological polar surface area (TPSA) is 56.8 Å². The Balaban J connectivity index is 1.81. The fourth-order valence-corrected chi connectivity index (χ4v) is 4.70. The van der Waals surface area contributed by atoms with Crippen molar-refractivity contribution < 1.29 is 0 Å². The van der Waals surface area contributed by atoms with Gasteiger partial charge < -0.3 is 4.98 Å². The number of fused-ring (bicyclic) bond motifs is 1. The Morgan fingerprint density at radius 3 is 2.62 bits per heavy atom. The maximum absolute atomic E-state index is 4.62. The van der Waals surface area contributed by atoms with E-state index in [4.69, 9.17) is 0 Å². The molecule has 3 heterocycles. The number of aliphatic imine (C=N–C) groups is 1. The number of benzene rings is 1. The fraction of sp³-hybridized carbons (Fsp3) is 0.111. The Hall–Kier alpha value is -3.70. The molecule has 5 heteroatoms. The number of rotatable bonds is 7. The zero-order valence-electron chi connectivity index (χ0n) is 18.6. The molecular weight excluding hydrogens is 412 g/mol. The van der Waals surface area contributed by atoms with Crippen LogP contribution in [-0.2, 0) is 0 Å². The van der Waals surface area contributed by atoms with Crippen LogP contribution in [-0.4, -0.2) is 21.4 Å². The summed E-state index contributed by atoms with van der Waals surface area (Å²) >= 11 is 1.78. The van der Waals surface area contributed by atoms with Crippen LogP contribution in [0.25, 0.3) is 33.6 Å². The van der Waals surface area contributed by atoms with Crippen molar-refractivity contribution in [3.05, 3.63) is 100 Å². The van der Waals surface area contributed by atoms with Gasteiger partial charge in [0.05, 0.1) is 16.9 Å². The number of aromatic nitrogens is 3. The third-order valence-electron chi connectivity index (χ3n) is 5.30. The lowest BCUT2D eigenvalue weighted by Gasteiger charge is -2.03. The molecule has 0 aliphatic rings. The molecule has 4 nitrogen and oxygen atoms in total. The minimum Gasteiger partial charge on any atom is -0.357 e. The lowest BCUT2D eigenvalue weighted by molar-refractivity contribution is 1.11. The van der Waals surface area contributed by atoms with E-state index in [1.54, 1.807) is 23.6 Å². The fourth-order valence-electron chi connectivity index (χ4n) is 3.79. The third kappa shape index (κ3) is 4.07. The van der Waals surface area contributed by atoms with Crippen LogP contribution >= 0.6 is 11.3 Å². The second-order valence-electron chi connectivity index (χ2n) is 7.47. The summed E-state index contributed by atoms with van der Waals surface area (Å²) in [5, 5.41) is 8.83. The molecule has 0 bridgehead atoms. The lowest BCUT2D eigenvalue weighted by atomic mass is 10.0. The summed E-state index contributed by atoms with van der Waals surface area (Å²) in [5.74, 6) is 0. The molecule has 4 rings (SSSR count). The first-order valence-electron chi connectivity index (χ1n) is 10.5. The summed E-state index contributed by atoms with van der Waals surface area (Å²) in [5.41, 5.74) is 8.18. The summed E-state index contributed by atoms with van der Waals surface area (Å²) in [7, 11) is 0. The van der Waals surface area contributed by atoms with Crippen LogP contribution in [0.1, 0.15) is 33.5 Å². The second-order valence-corrected chi connectivity index (χ2v) is 8.76. The highest BCUT2D eigenvalue weighted by atomic mass is 32.1. The molecule has 160 valence electrons. The summed E-state index contributed by atoms with van der Waals surface area (Å²) in [4.78, 5) is 10.5. The maximum atomic E-state index is 4.62. The monoisotopic (exact) mass is 438 g/mol. The highest BCUT2D eigenvalue weighted by molar-refractivity contribution is 7.13. The number of H-pyrrole nitrogens is 2. The van der Waals surface area contributed by atoms with Gasteiger partial charge >= 0.3 is 0 Å². The first-order valence-corrected chi connectivity index (χ1v) is 11.3. The number of hydrogen-bond donors (Lipinski definition) is 2. The maximum Gasteiger partial charge on any atom is 0.116 e. The lowest BCUT2D eigenvalue weighted by Crippen LogP contribution is -1.85. The van der Waals surface area contributed by atoms with Gasteiger partial charge in [-0.2, -0.15) is 5.10 Å². The predicted molar refractivity (Wildman–Crippen MR) is 139 cm³/mol. The molecule has 32 heavy (non-hydrogen) atoms. The molecule has 0 fully saturated rings. The molecule has 4 aromatic rings. The standard InChI is InChI=1S/C27H26N4S/c1-6-9-20(26-13-10-17(4)32-26)21-16-25(29-18(21)5)27-22-15-19(11-12-24(22)30-31-27)23(8-3)28-14-7-2/h6-16,29H,1-2H2,3-5H3,(H,30,31)/b20-9+,23-8-,28-14?. The van der Waals surface area contributed by atoms with Gasteiger partial charge in [-0.3, -0.25) is 10.1 Å².